The van der Waals surface area contributed by atoms with E-state index in [1.807, 2.05) is 60.7 Å². The number of hydrogen-bond donors (Lipinski definition) is 0. The number of rotatable bonds is 11. The predicted molar refractivity (Wildman–Crippen MR) is 282 cm³/mol. The molecule has 0 bridgehead atoms. The molecule has 0 aliphatic carbocycles. The van der Waals surface area contributed by atoms with Gasteiger partial charge in [-0.1, -0.05) is 170 Å². The van der Waals surface area contributed by atoms with E-state index in [1.54, 1.807) is 0 Å². The number of hydrogen-bond acceptors (Lipinski definition) is 6. The number of benzene rings is 10. The summed E-state index contributed by atoms with van der Waals surface area (Å²) in [6.07, 6.45) is 0. The average Bonchev–Trinajstić information content (AvgIpc) is 4.16. The molecule has 0 unspecified atom stereocenters. The van der Waals surface area contributed by atoms with Crippen molar-refractivity contribution in [3.63, 3.8) is 0 Å². The standard InChI is InChI=1S/C64H42N4O2/c1-7-19-43(20-8-1)51-35-52(44-21-9-2-10-22-44)38-55(37-51)59-41-49(63-67-65-61(69-63)47-27-15-5-16-28-47)31-33-57(59)58-34-32-50(64-68-66-62(70-64)48-29-17-6-18-30-48)42-60(58)56-39-53(45-23-11-3-12-24-45)36-54(40-56)46-25-13-4-14-26-46/h1-42H. The maximum atomic E-state index is 6.43. The Morgan fingerprint density at radius 3 is 0.700 bits per heavy atom. The van der Waals surface area contributed by atoms with Crippen molar-refractivity contribution in [3.05, 3.63) is 255 Å². The molecule has 6 heteroatoms. The molecule has 0 N–H and O–H groups in total. The molecule has 0 saturated heterocycles. The van der Waals surface area contributed by atoms with Gasteiger partial charge in [0.25, 0.3) is 0 Å². The third-order valence-corrected chi connectivity index (χ3v) is 12.6. The van der Waals surface area contributed by atoms with Gasteiger partial charge in [0.15, 0.2) is 0 Å². The molecule has 6 nitrogen and oxygen atoms in total. The van der Waals surface area contributed by atoms with Gasteiger partial charge in [0.05, 0.1) is 0 Å². The zero-order chi connectivity index (χ0) is 46.6. The van der Waals surface area contributed by atoms with E-state index in [0.29, 0.717) is 23.6 Å². The molecule has 12 aromatic rings. The highest BCUT2D eigenvalue weighted by molar-refractivity contribution is 5.97. The number of aromatic nitrogens is 4. The molecular formula is C64H42N4O2. The summed E-state index contributed by atoms with van der Waals surface area (Å²) in [5.74, 6) is 1.78. The second-order valence-electron chi connectivity index (χ2n) is 17.1. The van der Waals surface area contributed by atoms with Crippen molar-refractivity contribution < 1.29 is 8.83 Å². The molecule has 12 rings (SSSR count). The van der Waals surface area contributed by atoms with Crippen LogP contribution < -0.4 is 0 Å². The normalized spacial score (nSPS) is 11.1. The first-order valence-corrected chi connectivity index (χ1v) is 23.3. The largest absolute Gasteiger partial charge is 0.416 e. The molecule has 0 aliphatic heterocycles. The van der Waals surface area contributed by atoms with Crippen LogP contribution in [0.4, 0.5) is 0 Å². The lowest BCUT2D eigenvalue weighted by Gasteiger charge is -2.19. The van der Waals surface area contributed by atoms with Gasteiger partial charge in [-0.2, -0.15) is 0 Å². The second kappa shape index (κ2) is 18.6. The Balaban J connectivity index is 1.11. The monoisotopic (exact) mass is 898 g/mol. The van der Waals surface area contributed by atoms with Gasteiger partial charge in [-0.05, 0) is 163 Å². The van der Waals surface area contributed by atoms with Crippen molar-refractivity contribution in [1.82, 2.24) is 20.4 Å². The topological polar surface area (TPSA) is 77.8 Å². The fourth-order valence-electron chi connectivity index (χ4n) is 9.13. The van der Waals surface area contributed by atoms with E-state index in [1.165, 1.54) is 0 Å². The molecule has 0 aliphatic rings. The van der Waals surface area contributed by atoms with Gasteiger partial charge in [0.1, 0.15) is 0 Å². The highest BCUT2D eigenvalue weighted by atomic mass is 16.4. The molecule has 0 radical (unpaired) electrons. The Morgan fingerprint density at radius 2 is 0.414 bits per heavy atom. The van der Waals surface area contributed by atoms with Crippen LogP contribution in [0.3, 0.4) is 0 Å². The first-order valence-electron chi connectivity index (χ1n) is 23.3. The Kier molecular flexibility index (Phi) is 11.1. The lowest BCUT2D eigenvalue weighted by atomic mass is 9.84. The van der Waals surface area contributed by atoms with E-state index >= 15 is 0 Å². The first-order chi connectivity index (χ1) is 34.7. The number of nitrogens with zero attached hydrogens (tertiary/aromatic N) is 4. The fourth-order valence-corrected chi connectivity index (χ4v) is 9.13. The van der Waals surface area contributed by atoms with Crippen molar-refractivity contribution in [1.29, 1.82) is 0 Å². The molecule has 10 aromatic carbocycles. The quantitative estimate of drug-likeness (QED) is 0.129. The minimum Gasteiger partial charge on any atom is -0.416 e. The molecule has 2 aromatic heterocycles. The third-order valence-electron chi connectivity index (χ3n) is 12.6. The highest BCUT2D eigenvalue weighted by Gasteiger charge is 2.22. The second-order valence-corrected chi connectivity index (χ2v) is 17.1. The Bertz CT molecular complexity index is 3380. The lowest BCUT2D eigenvalue weighted by Crippen LogP contribution is -1.94. The van der Waals surface area contributed by atoms with Gasteiger partial charge >= 0.3 is 0 Å². The van der Waals surface area contributed by atoms with Crippen molar-refractivity contribution in [2.75, 3.05) is 0 Å². The summed E-state index contributed by atoms with van der Waals surface area (Å²) in [6.45, 7) is 0. The van der Waals surface area contributed by atoms with E-state index in [2.05, 4.69) is 215 Å². The summed E-state index contributed by atoms with van der Waals surface area (Å²) in [4.78, 5) is 0. The molecule has 0 saturated carbocycles. The molecule has 0 atom stereocenters. The van der Waals surface area contributed by atoms with E-state index in [4.69, 9.17) is 8.83 Å². The first kappa shape index (κ1) is 41.9. The summed E-state index contributed by atoms with van der Waals surface area (Å²) in [7, 11) is 0. The highest BCUT2D eigenvalue weighted by Crippen LogP contribution is 2.45. The van der Waals surface area contributed by atoms with E-state index in [0.717, 1.165) is 100 Å². The van der Waals surface area contributed by atoms with Gasteiger partial charge in [-0.3, -0.25) is 0 Å². The predicted octanol–water partition coefficient (Wildman–Crippen LogP) is 16.8. The maximum Gasteiger partial charge on any atom is 0.248 e. The van der Waals surface area contributed by atoms with Crippen molar-refractivity contribution >= 4 is 0 Å². The van der Waals surface area contributed by atoms with Crippen LogP contribution >= 0.6 is 0 Å². The summed E-state index contributed by atoms with van der Waals surface area (Å²) in [5, 5.41) is 18.2. The van der Waals surface area contributed by atoms with Crippen LogP contribution in [0.1, 0.15) is 0 Å². The molecule has 70 heavy (non-hydrogen) atoms. The molecule has 0 spiro atoms. The molecule has 0 amide bonds. The van der Waals surface area contributed by atoms with Crippen LogP contribution in [0.25, 0.3) is 124 Å². The average molecular weight is 899 g/mol. The Hall–Kier alpha value is -9.52. The third kappa shape index (κ3) is 8.53. The summed E-state index contributed by atoms with van der Waals surface area (Å²) in [5.41, 5.74) is 18.3. The lowest BCUT2D eigenvalue weighted by molar-refractivity contribution is 0.584. The van der Waals surface area contributed by atoms with Crippen molar-refractivity contribution in [2.24, 2.45) is 0 Å². The zero-order valence-electron chi connectivity index (χ0n) is 37.9. The van der Waals surface area contributed by atoms with Gasteiger partial charge < -0.3 is 8.83 Å². The van der Waals surface area contributed by atoms with Gasteiger partial charge in [0, 0.05) is 22.3 Å². The summed E-state index contributed by atoms with van der Waals surface area (Å²) < 4.78 is 12.9. The molecule has 0 fully saturated rings. The summed E-state index contributed by atoms with van der Waals surface area (Å²) >= 11 is 0. The summed E-state index contributed by atoms with van der Waals surface area (Å²) in [6, 6.07) is 88.6. The van der Waals surface area contributed by atoms with Crippen LogP contribution in [0, 0.1) is 0 Å². The molecule has 2 heterocycles. The smallest absolute Gasteiger partial charge is 0.248 e. The van der Waals surface area contributed by atoms with Crippen LogP contribution in [0.2, 0.25) is 0 Å². The van der Waals surface area contributed by atoms with Crippen molar-refractivity contribution in [3.8, 4) is 124 Å². The van der Waals surface area contributed by atoms with E-state index in [-0.39, 0.29) is 0 Å². The van der Waals surface area contributed by atoms with Crippen LogP contribution in [0.5, 0.6) is 0 Å². The van der Waals surface area contributed by atoms with Crippen LogP contribution in [0.15, 0.2) is 264 Å². The molecule has 330 valence electrons. The van der Waals surface area contributed by atoms with Gasteiger partial charge in [0.2, 0.25) is 23.6 Å². The SMILES string of the molecule is c1ccc(-c2cc(-c3ccccc3)cc(-c3cc(-c4nnc(-c5ccccc5)o4)ccc3-c3ccc(-c4nnc(-c5ccccc5)o4)cc3-c3cc(-c4ccccc4)cc(-c4ccccc4)c3)c2)cc1. The van der Waals surface area contributed by atoms with Gasteiger partial charge in [-0.25, -0.2) is 0 Å². The Labute approximate surface area is 405 Å². The van der Waals surface area contributed by atoms with Crippen LogP contribution in [-0.4, -0.2) is 20.4 Å². The maximum absolute atomic E-state index is 6.43. The molecular weight excluding hydrogens is 857 g/mol. The fraction of sp³-hybridized carbons (Fsp3) is 0. The van der Waals surface area contributed by atoms with Crippen molar-refractivity contribution in [2.45, 2.75) is 0 Å². The van der Waals surface area contributed by atoms with E-state index < -0.39 is 0 Å². The van der Waals surface area contributed by atoms with Crippen LogP contribution in [-0.2, 0) is 0 Å². The minimum atomic E-state index is 0.429. The van der Waals surface area contributed by atoms with E-state index in [9.17, 15) is 0 Å². The zero-order valence-corrected chi connectivity index (χ0v) is 37.9. The Morgan fingerprint density at radius 1 is 0.171 bits per heavy atom. The minimum absolute atomic E-state index is 0.429. The van der Waals surface area contributed by atoms with Gasteiger partial charge in [-0.15, -0.1) is 20.4 Å².